The minimum Gasteiger partial charge on any atom is -0.332 e. The summed E-state index contributed by atoms with van der Waals surface area (Å²) in [6.07, 6.45) is 2.36. The smallest absolute Gasteiger partial charge is 0.315 e. The van der Waals surface area contributed by atoms with Crippen LogP contribution >= 0.6 is 11.8 Å². The zero-order valence-electron chi connectivity index (χ0n) is 9.67. The van der Waals surface area contributed by atoms with Crippen LogP contribution < -0.4 is 10.6 Å². The summed E-state index contributed by atoms with van der Waals surface area (Å²) in [4.78, 5) is 11.3. The first-order chi connectivity index (χ1) is 7.10. The lowest BCUT2D eigenvalue weighted by Crippen LogP contribution is -2.44. The maximum absolute atomic E-state index is 11.3. The van der Waals surface area contributed by atoms with Gasteiger partial charge in [-0.1, -0.05) is 20.8 Å². The molecule has 86 valence electrons. The molecule has 2 fully saturated rings. The Morgan fingerprint density at radius 2 is 2.07 bits per heavy atom. The van der Waals surface area contributed by atoms with Crippen LogP contribution in [0.4, 0.5) is 4.79 Å². The topological polar surface area (TPSA) is 41.1 Å². The Morgan fingerprint density at radius 3 is 2.67 bits per heavy atom. The lowest BCUT2D eigenvalue weighted by atomic mass is 9.77. The highest BCUT2D eigenvalue weighted by molar-refractivity contribution is 8.00. The Hall–Kier alpha value is -0.380. The molecule has 2 rings (SSSR count). The van der Waals surface area contributed by atoms with Gasteiger partial charge in [-0.2, -0.15) is 11.8 Å². The van der Waals surface area contributed by atoms with Gasteiger partial charge in [-0.05, 0) is 18.3 Å². The van der Waals surface area contributed by atoms with E-state index in [1.165, 1.54) is 12.8 Å². The Balaban J connectivity index is 2.14. The maximum Gasteiger partial charge on any atom is 0.315 e. The first-order valence-electron chi connectivity index (χ1n) is 5.79. The van der Waals surface area contributed by atoms with E-state index < -0.39 is 0 Å². The zero-order valence-corrected chi connectivity index (χ0v) is 10.5. The van der Waals surface area contributed by atoms with Crippen LogP contribution in [0.3, 0.4) is 0 Å². The molecule has 2 aliphatic rings. The summed E-state index contributed by atoms with van der Waals surface area (Å²) in [7, 11) is 0. The fraction of sp³-hybridized carbons (Fsp3) is 0.909. The van der Waals surface area contributed by atoms with Crippen LogP contribution in [0.1, 0.15) is 33.6 Å². The molecule has 15 heavy (non-hydrogen) atoms. The van der Waals surface area contributed by atoms with Crippen molar-refractivity contribution in [3.63, 3.8) is 0 Å². The van der Waals surface area contributed by atoms with E-state index >= 15 is 0 Å². The number of amides is 2. The third kappa shape index (κ3) is 1.73. The van der Waals surface area contributed by atoms with Gasteiger partial charge in [0.2, 0.25) is 0 Å². The highest BCUT2D eigenvalue weighted by Crippen LogP contribution is 2.45. The van der Waals surface area contributed by atoms with Crippen LogP contribution in [0, 0.1) is 5.41 Å². The predicted molar refractivity (Wildman–Crippen MR) is 64.2 cm³/mol. The van der Waals surface area contributed by atoms with Gasteiger partial charge in [-0.3, -0.25) is 0 Å². The molecule has 2 N–H and O–H groups in total. The molecule has 0 aromatic carbocycles. The predicted octanol–water partition coefficient (Wildman–Crippen LogP) is 1.98. The molecule has 2 amide bonds. The molecule has 2 aliphatic heterocycles. The van der Waals surface area contributed by atoms with Crippen molar-refractivity contribution >= 4 is 17.8 Å². The number of urea groups is 1. The summed E-state index contributed by atoms with van der Waals surface area (Å²) >= 11 is 2.02. The van der Waals surface area contributed by atoms with E-state index in [0.717, 1.165) is 5.75 Å². The van der Waals surface area contributed by atoms with Crippen molar-refractivity contribution in [2.24, 2.45) is 5.41 Å². The Bertz CT molecular complexity index is 265. The molecule has 2 heterocycles. The van der Waals surface area contributed by atoms with Gasteiger partial charge in [0.05, 0.1) is 12.1 Å². The molecule has 0 aromatic rings. The van der Waals surface area contributed by atoms with Crippen molar-refractivity contribution < 1.29 is 4.79 Å². The van der Waals surface area contributed by atoms with Crippen LogP contribution in [0.2, 0.25) is 0 Å². The van der Waals surface area contributed by atoms with Crippen molar-refractivity contribution in [1.29, 1.82) is 0 Å². The van der Waals surface area contributed by atoms with E-state index in [1.807, 2.05) is 11.8 Å². The highest BCUT2D eigenvalue weighted by atomic mass is 32.2. The van der Waals surface area contributed by atoms with Crippen molar-refractivity contribution in [2.75, 3.05) is 5.75 Å². The van der Waals surface area contributed by atoms with Crippen molar-refractivity contribution in [3.05, 3.63) is 0 Å². The second kappa shape index (κ2) is 3.89. The lowest BCUT2D eigenvalue weighted by molar-refractivity contribution is 0.240. The van der Waals surface area contributed by atoms with Gasteiger partial charge in [0.15, 0.2) is 0 Å². The van der Waals surface area contributed by atoms with Gasteiger partial charge in [-0.15, -0.1) is 0 Å². The molecule has 0 aromatic heterocycles. The van der Waals surface area contributed by atoms with Gasteiger partial charge in [0.25, 0.3) is 0 Å². The second-order valence-electron chi connectivity index (χ2n) is 4.87. The van der Waals surface area contributed by atoms with Crippen LogP contribution in [-0.2, 0) is 0 Å². The minimum atomic E-state index is 0.0184. The summed E-state index contributed by atoms with van der Waals surface area (Å²) < 4.78 is 0. The summed E-state index contributed by atoms with van der Waals surface area (Å²) in [5, 5.41) is 6.63. The van der Waals surface area contributed by atoms with Gasteiger partial charge in [0.1, 0.15) is 0 Å². The first-order valence-corrected chi connectivity index (χ1v) is 6.84. The van der Waals surface area contributed by atoms with E-state index in [9.17, 15) is 4.79 Å². The van der Waals surface area contributed by atoms with Crippen molar-refractivity contribution in [3.8, 4) is 0 Å². The van der Waals surface area contributed by atoms with E-state index in [-0.39, 0.29) is 6.03 Å². The largest absolute Gasteiger partial charge is 0.332 e. The molecule has 3 atom stereocenters. The van der Waals surface area contributed by atoms with Gasteiger partial charge in [0, 0.05) is 11.0 Å². The number of nitrogens with one attached hydrogen (secondary N) is 2. The average molecular weight is 228 g/mol. The fourth-order valence-corrected chi connectivity index (χ4v) is 4.49. The third-order valence-corrected chi connectivity index (χ3v) is 5.90. The Kier molecular flexibility index (Phi) is 2.88. The van der Waals surface area contributed by atoms with E-state index in [2.05, 4.69) is 31.4 Å². The number of carbonyl (C=O) groups excluding carboxylic acids is 1. The maximum atomic E-state index is 11.3. The van der Waals surface area contributed by atoms with Gasteiger partial charge >= 0.3 is 6.03 Å². The molecule has 2 saturated heterocycles. The summed E-state index contributed by atoms with van der Waals surface area (Å²) in [5.74, 6) is 1.06. The quantitative estimate of drug-likeness (QED) is 0.725. The average Bonchev–Trinajstić information content (AvgIpc) is 2.75. The standard InChI is InChI=1S/C11H20N2OS/c1-4-11(3,5-2)9-8-7(6-15-9)12-10(14)13-8/h7-9H,4-6H2,1-3H3,(H2,12,13,14). The summed E-state index contributed by atoms with van der Waals surface area (Å²) in [6, 6.07) is 0.710. The Morgan fingerprint density at radius 1 is 1.40 bits per heavy atom. The Labute approximate surface area is 95.8 Å². The molecular formula is C11H20N2OS. The van der Waals surface area contributed by atoms with Crippen LogP contribution in [0.25, 0.3) is 0 Å². The van der Waals surface area contributed by atoms with Gasteiger partial charge in [-0.25, -0.2) is 4.79 Å². The van der Waals surface area contributed by atoms with E-state index in [0.29, 0.717) is 22.7 Å². The number of fused-ring (bicyclic) bond motifs is 1. The summed E-state index contributed by atoms with van der Waals surface area (Å²) in [5.41, 5.74) is 0.351. The van der Waals surface area contributed by atoms with Crippen LogP contribution in [0.5, 0.6) is 0 Å². The fourth-order valence-electron chi connectivity index (χ4n) is 2.58. The lowest BCUT2D eigenvalue weighted by Gasteiger charge is -2.36. The van der Waals surface area contributed by atoms with E-state index in [1.54, 1.807) is 0 Å². The minimum absolute atomic E-state index is 0.0184. The second-order valence-corrected chi connectivity index (χ2v) is 6.04. The number of carbonyl (C=O) groups is 1. The summed E-state index contributed by atoms with van der Waals surface area (Å²) in [6.45, 7) is 6.85. The van der Waals surface area contributed by atoms with E-state index in [4.69, 9.17) is 0 Å². The molecule has 3 nitrogen and oxygen atoms in total. The number of hydrogen-bond acceptors (Lipinski definition) is 2. The third-order valence-electron chi connectivity index (χ3n) is 4.13. The highest BCUT2D eigenvalue weighted by Gasteiger charge is 2.49. The first kappa shape index (κ1) is 11.1. The SMILES string of the molecule is CCC(C)(CC)C1SCC2NC(=O)NC21. The van der Waals surface area contributed by atoms with Crippen LogP contribution in [0.15, 0.2) is 0 Å². The zero-order chi connectivity index (χ0) is 11.1. The van der Waals surface area contributed by atoms with Crippen molar-refractivity contribution in [2.45, 2.75) is 50.9 Å². The van der Waals surface area contributed by atoms with Crippen molar-refractivity contribution in [1.82, 2.24) is 10.6 Å². The van der Waals surface area contributed by atoms with Gasteiger partial charge < -0.3 is 10.6 Å². The molecule has 4 heteroatoms. The number of hydrogen-bond donors (Lipinski definition) is 2. The van der Waals surface area contributed by atoms with Crippen LogP contribution in [-0.4, -0.2) is 29.1 Å². The number of thioether (sulfide) groups is 1. The molecule has 0 radical (unpaired) electrons. The normalized spacial score (nSPS) is 34.9. The molecule has 0 aliphatic carbocycles. The molecule has 0 saturated carbocycles. The molecule has 0 bridgehead atoms. The molecular weight excluding hydrogens is 208 g/mol. The molecule has 0 spiro atoms. The monoisotopic (exact) mass is 228 g/mol. The molecule has 3 unspecified atom stereocenters. The number of rotatable bonds is 3.